The van der Waals surface area contributed by atoms with E-state index in [4.69, 9.17) is 10.7 Å². The predicted octanol–water partition coefficient (Wildman–Crippen LogP) is 4.09. The molecule has 0 aliphatic heterocycles. The van der Waals surface area contributed by atoms with E-state index in [0.717, 1.165) is 6.42 Å². The molecule has 1 atom stereocenters. The Morgan fingerprint density at radius 1 is 1.08 bits per heavy atom. The topological polar surface area (TPSA) is 70.1 Å². The van der Waals surface area contributed by atoms with Gasteiger partial charge in [0.1, 0.15) is 5.82 Å². The molecule has 0 aliphatic rings. The van der Waals surface area contributed by atoms with Crippen molar-refractivity contribution in [1.82, 2.24) is 9.55 Å². The Morgan fingerprint density at radius 2 is 1.58 bits per heavy atom. The summed E-state index contributed by atoms with van der Waals surface area (Å²) in [6.45, 7) is 20.6. The van der Waals surface area contributed by atoms with E-state index in [-0.39, 0.29) is 33.7 Å². The number of nitrogens with two attached hydrogens (primary N) is 1. The highest BCUT2D eigenvalue weighted by atomic mass is 16.6. The Kier molecular flexibility index (Phi) is 5.61. The first kappa shape index (κ1) is 20.7. The lowest BCUT2D eigenvalue weighted by Crippen LogP contribution is -2.44. The van der Waals surface area contributed by atoms with Gasteiger partial charge in [0, 0.05) is 11.0 Å². The van der Waals surface area contributed by atoms with Gasteiger partial charge in [-0.2, -0.15) is 10.9 Å². The van der Waals surface area contributed by atoms with Gasteiger partial charge in [-0.1, -0.05) is 48.5 Å². The van der Waals surface area contributed by atoms with Crippen LogP contribution < -0.4 is 16.3 Å². The van der Waals surface area contributed by atoms with Crippen molar-refractivity contribution in [1.29, 1.82) is 0 Å². The van der Waals surface area contributed by atoms with Crippen LogP contribution in [0.15, 0.2) is 4.79 Å². The first-order chi connectivity index (χ1) is 10.7. The van der Waals surface area contributed by atoms with Gasteiger partial charge in [0.05, 0.1) is 5.56 Å². The van der Waals surface area contributed by atoms with Crippen molar-refractivity contribution in [3.63, 3.8) is 0 Å². The van der Waals surface area contributed by atoms with Crippen molar-refractivity contribution >= 4 is 0 Å². The lowest BCUT2D eigenvalue weighted by atomic mass is 9.75. The number of nitrogens with zero attached hydrogens (tertiary/aromatic N) is 2. The number of aromatic nitrogens is 2. The summed E-state index contributed by atoms with van der Waals surface area (Å²) in [6, 6.07) is 0. The third-order valence-corrected chi connectivity index (χ3v) is 4.34. The fourth-order valence-electron chi connectivity index (χ4n) is 3.28. The predicted molar refractivity (Wildman–Crippen MR) is 99.5 cm³/mol. The molecule has 0 amide bonds. The molecule has 1 rings (SSSR count). The summed E-state index contributed by atoms with van der Waals surface area (Å²) >= 11 is 0. The van der Waals surface area contributed by atoms with Gasteiger partial charge < -0.3 is 4.84 Å². The number of hydrogen-bond acceptors (Lipinski definition) is 4. The average molecular weight is 338 g/mol. The number of rotatable bonds is 3. The van der Waals surface area contributed by atoms with Crippen LogP contribution in [0, 0.1) is 5.41 Å². The number of hydrogen-bond donors (Lipinski definition) is 1. The monoisotopic (exact) mass is 337 g/mol. The van der Waals surface area contributed by atoms with Crippen LogP contribution in [0.5, 0.6) is 5.88 Å². The van der Waals surface area contributed by atoms with E-state index < -0.39 is 0 Å². The van der Waals surface area contributed by atoms with E-state index in [1.165, 1.54) is 0 Å². The molecule has 5 nitrogen and oxygen atoms in total. The molecule has 0 saturated heterocycles. The van der Waals surface area contributed by atoms with Gasteiger partial charge in [0.25, 0.3) is 5.56 Å². The summed E-state index contributed by atoms with van der Waals surface area (Å²) < 4.78 is 1.80. The van der Waals surface area contributed by atoms with Gasteiger partial charge in [-0.05, 0) is 38.5 Å². The largest absolute Gasteiger partial charge is 0.391 e. The van der Waals surface area contributed by atoms with Crippen LogP contribution in [0.25, 0.3) is 0 Å². The molecule has 24 heavy (non-hydrogen) atoms. The van der Waals surface area contributed by atoms with Gasteiger partial charge in [-0.15, -0.1) is 0 Å². The van der Waals surface area contributed by atoms with Crippen LogP contribution in [-0.4, -0.2) is 9.55 Å². The first-order valence-corrected chi connectivity index (χ1v) is 8.70. The Balaban J connectivity index is 3.98. The molecule has 2 N–H and O–H groups in total. The van der Waals surface area contributed by atoms with Crippen molar-refractivity contribution in [2.24, 2.45) is 11.3 Å². The maximum absolute atomic E-state index is 13.5. The highest BCUT2D eigenvalue weighted by Gasteiger charge is 2.36. The summed E-state index contributed by atoms with van der Waals surface area (Å²) in [7, 11) is 0. The molecule has 0 radical (unpaired) electrons. The zero-order chi connectivity index (χ0) is 19.1. The Morgan fingerprint density at radius 3 is 1.88 bits per heavy atom. The molecule has 1 aromatic rings. The minimum atomic E-state index is -0.384. The van der Waals surface area contributed by atoms with E-state index >= 15 is 0 Å². The molecule has 5 heteroatoms. The fourth-order valence-corrected chi connectivity index (χ4v) is 3.28. The van der Waals surface area contributed by atoms with E-state index in [1.807, 2.05) is 41.5 Å². The molecule has 0 saturated carbocycles. The lowest BCUT2D eigenvalue weighted by molar-refractivity contribution is 0.258. The summed E-state index contributed by atoms with van der Waals surface area (Å²) in [5.41, 5.74) is -0.256. The molecular weight excluding hydrogens is 302 g/mol. The van der Waals surface area contributed by atoms with Crippen LogP contribution in [-0.2, 0) is 11.0 Å². The summed E-state index contributed by atoms with van der Waals surface area (Å²) in [5, 5.41) is 0. The standard InChI is InChI=1S/C19H35N3O2/c1-11-12(17(2,3)4)13-14(24-20)21-16(18(5,6)7)22(15(13)23)19(8,9)10/h12H,11,20H2,1-10H3. The normalized spacial score (nSPS) is 14.6. The first-order valence-electron chi connectivity index (χ1n) is 8.70. The second-order valence-electron chi connectivity index (χ2n) is 9.66. The van der Waals surface area contributed by atoms with Gasteiger partial charge in [0.2, 0.25) is 5.88 Å². The molecule has 0 aliphatic carbocycles. The van der Waals surface area contributed by atoms with E-state index in [2.05, 4.69) is 32.7 Å². The zero-order valence-corrected chi connectivity index (χ0v) is 17.1. The van der Waals surface area contributed by atoms with Crippen LogP contribution in [0.4, 0.5) is 0 Å². The van der Waals surface area contributed by atoms with E-state index in [9.17, 15) is 4.79 Å². The smallest absolute Gasteiger partial charge is 0.261 e. The molecule has 1 heterocycles. The third kappa shape index (κ3) is 4.00. The van der Waals surface area contributed by atoms with Crippen LogP contribution in [0.2, 0.25) is 0 Å². The maximum atomic E-state index is 13.5. The Bertz CT molecular complexity index is 641. The molecule has 1 unspecified atom stereocenters. The Labute approximate surface area is 146 Å². The SMILES string of the molecule is CCC(c1c(ON)nc(C(C)(C)C)n(C(C)(C)C)c1=O)C(C)(C)C. The van der Waals surface area contributed by atoms with Crippen LogP contribution in [0.3, 0.4) is 0 Å². The van der Waals surface area contributed by atoms with Gasteiger partial charge in [-0.25, -0.2) is 0 Å². The summed E-state index contributed by atoms with van der Waals surface area (Å²) in [5.74, 6) is 6.47. The third-order valence-electron chi connectivity index (χ3n) is 4.34. The molecule has 138 valence electrons. The highest BCUT2D eigenvalue weighted by Crippen LogP contribution is 2.40. The van der Waals surface area contributed by atoms with E-state index in [1.54, 1.807) is 4.57 Å². The van der Waals surface area contributed by atoms with Crippen LogP contribution in [0.1, 0.15) is 93.0 Å². The van der Waals surface area contributed by atoms with Gasteiger partial charge >= 0.3 is 0 Å². The minimum absolute atomic E-state index is 0.0127. The summed E-state index contributed by atoms with van der Waals surface area (Å²) in [6.07, 6.45) is 0.815. The van der Waals surface area contributed by atoms with Crippen molar-refractivity contribution < 1.29 is 4.84 Å². The molecule has 0 aromatic carbocycles. The van der Waals surface area contributed by atoms with Crippen LogP contribution >= 0.6 is 0 Å². The van der Waals surface area contributed by atoms with Gasteiger partial charge in [0.15, 0.2) is 0 Å². The second-order valence-corrected chi connectivity index (χ2v) is 9.66. The van der Waals surface area contributed by atoms with Crippen molar-refractivity contribution in [2.75, 3.05) is 0 Å². The second kappa shape index (κ2) is 6.51. The quantitative estimate of drug-likeness (QED) is 0.843. The molecular formula is C19H35N3O2. The molecule has 1 aromatic heterocycles. The van der Waals surface area contributed by atoms with Crippen molar-refractivity contribution in [2.45, 2.75) is 92.5 Å². The maximum Gasteiger partial charge on any atom is 0.261 e. The minimum Gasteiger partial charge on any atom is -0.391 e. The van der Waals surface area contributed by atoms with Crippen molar-refractivity contribution in [3.05, 3.63) is 21.7 Å². The fraction of sp³-hybridized carbons (Fsp3) is 0.789. The Hall–Kier alpha value is -1.36. The highest BCUT2D eigenvalue weighted by molar-refractivity contribution is 5.32. The summed E-state index contributed by atoms with van der Waals surface area (Å²) in [4.78, 5) is 23.3. The van der Waals surface area contributed by atoms with Gasteiger partial charge in [-0.3, -0.25) is 9.36 Å². The average Bonchev–Trinajstić information content (AvgIpc) is 2.36. The molecule has 0 bridgehead atoms. The van der Waals surface area contributed by atoms with E-state index in [0.29, 0.717) is 11.4 Å². The zero-order valence-electron chi connectivity index (χ0n) is 17.1. The molecule has 0 fully saturated rings. The molecule has 0 spiro atoms. The van der Waals surface area contributed by atoms with Crippen molar-refractivity contribution in [3.8, 4) is 5.88 Å². The lowest BCUT2D eigenvalue weighted by Gasteiger charge is -2.35.